The first-order chi connectivity index (χ1) is 13.7. The summed E-state index contributed by atoms with van der Waals surface area (Å²) >= 11 is 5.90. The fourth-order valence-electron chi connectivity index (χ4n) is 2.49. The quantitative estimate of drug-likeness (QED) is 0.322. The lowest BCUT2D eigenvalue weighted by atomic mass is 10.1. The highest BCUT2D eigenvalue weighted by atomic mass is 35.5. The molecule has 0 heterocycles. The SMILES string of the molecule is COc1ccc(C#CC(Cc2ccccc2)O/N=C/c2ccc(Cl)cc2)cc1. The average molecular weight is 390 g/mol. The molecular weight excluding hydrogens is 370 g/mol. The minimum absolute atomic E-state index is 0.368. The van der Waals surface area contributed by atoms with E-state index in [9.17, 15) is 0 Å². The van der Waals surface area contributed by atoms with Crippen molar-refractivity contribution in [3.8, 4) is 17.6 Å². The Hall–Kier alpha value is -3.22. The van der Waals surface area contributed by atoms with Crippen molar-refractivity contribution in [1.29, 1.82) is 0 Å². The molecule has 0 fully saturated rings. The third-order valence-electron chi connectivity index (χ3n) is 3.99. The Labute approximate surface area is 170 Å². The zero-order valence-electron chi connectivity index (χ0n) is 15.5. The largest absolute Gasteiger partial charge is 0.497 e. The van der Waals surface area contributed by atoms with Gasteiger partial charge in [0.2, 0.25) is 0 Å². The van der Waals surface area contributed by atoms with Crippen molar-refractivity contribution in [2.24, 2.45) is 5.16 Å². The predicted molar refractivity (Wildman–Crippen MR) is 114 cm³/mol. The highest BCUT2D eigenvalue weighted by Crippen LogP contribution is 2.12. The molecule has 0 aliphatic rings. The highest BCUT2D eigenvalue weighted by Gasteiger charge is 2.07. The Bertz CT molecular complexity index is 955. The van der Waals surface area contributed by atoms with Crippen LogP contribution in [0.3, 0.4) is 0 Å². The molecule has 0 amide bonds. The van der Waals surface area contributed by atoms with Crippen LogP contribution in [-0.4, -0.2) is 19.4 Å². The van der Waals surface area contributed by atoms with Crippen molar-refractivity contribution in [2.75, 3.05) is 7.11 Å². The zero-order chi connectivity index (χ0) is 19.6. The van der Waals surface area contributed by atoms with Crippen LogP contribution in [0.15, 0.2) is 84.0 Å². The molecule has 1 atom stereocenters. The van der Waals surface area contributed by atoms with Gasteiger partial charge >= 0.3 is 0 Å². The van der Waals surface area contributed by atoms with E-state index >= 15 is 0 Å². The molecule has 0 saturated heterocycles. The van der Waals surface area contributed by atoms with Crippen molar-refractivity contribution < 1.29 is 9.57 Å². The monoisotopic (exact) mass is 389 g/mol. The van der Waals surface area contributed by atoms with E-state index in [4.69, 9.17) is 21.2 Å². The molecule has 0 spiro atoms. The van der Waals surface area contributed by atoms with E-state index in [-0.39, 0.29) is 6.10 Å². The van der Waals surface area contributed by atoms with Crippen LogP contribution in [0.25, 0.3) is 0 Å². The van der Waals surface area contributed by atoms with Gasteiger partial charge in [-0.15, -0.1) is 0 Å². The Kier molecular flexibility index (Phi) is 7.12. The number of hydrogen-bond acceptors (Lipinski definition) is 3. The van der Waals surface area contributed by atoms with E-state index in [1.165, 1.54) is 0 Å². The Morgan fingerprint density at radius 1 is 0.964 bits per heavy atom. The molecule has 0 saturated carbocycles. The lowest BCUT2D eigenvalue weighted by Gasteiger charge is -2.09. The summed E-state index contributed by atoms with van der Waals surface area (Å²) in [6, 6.07) is 25.1. The maximum absolute atomic E-state index is 5.90. The summed E-state index contributed by atoms with van der Waals surface area (Å²) in [5.41, 5.74) is 2.94. The van der Waals surface area contributed by atoms with Crippen LogP contribution in [0.1, 0.15) is 16.7 Å². The van der Waals surface area contributed by atoms with Gasteiger partial charge in [0.1, 0.15) is 5.75 Å². The normalized spacial score (nSPS) is 11.5. The van der Waals surface area contributed by atoms with Crippen LogP contribution in [0, 0.1) is 11.8 Å². The maximum Gasteiger partial charge on any atom is 0.191 e. The number of oxime groups is 1. The van der Waals surface area contributed by atoms with Gasteiger partial charge in [0, 0.05) is 17.0 Å². The number of rotatable bonds is 6. The van der Waals surface area contributed by atoms with E-state index in [0.29, 0.717) is 11.4 Å². The van der Waals surface area contributed by atoms with E-state index in [0.717, 1.165) is 22.4 Å². The van der Waals surface area contributed by atoms with Crippen LogP contribution >= 0.6 is 11.6 Å². The van der Waals surface area contributed by atoms with Crippen molar-refractivity contribution in [3.05, 3.63) is 101 Å². The van der Waals surface area contributed by atoms with Gasteiger partial charge in [-0.2, -0.15) is 0 Å². The van der Waals surface area contributed by atoms with E-state index in [1.54, 1.807) is 13.3 Å². The van der Waals surface area contributed by atoms with Gasteiger partial charge in [-0.3, -0.25) is 0 Å². The molecule has 4 heteroatoms. The van der Waals surface area contributed by atoms with Gasteiger partial charge in [-0.1, -0.05) is 71.1 Å². The third kappa shape index (κ3) is 6.19. The lowest BCUT2D eigenvalue weighted by molar-refractivity contribution is 0.101. The lowest BCUT2D eigenvalue weighted by Crippen LogP contribution is -2.11. The number of halogens is 1. The molecule has 0 radical (unpaired) electrons. The van der Waals surface area contributed by atoms with Crippen LogP contribution in [0.4, 0.5) is 0 Å². The smallest absolute Gasteiger partial charge is 0.191 e. The van der Waals surface area contributed by atoms with Crippen molar-refractivity contribution >= 4 is 17.8 Å². The van der Waals surface area contributed by atoms with Gasteiger partial charge in [0.05, 0.1) is 13.3 Å². The molecule has 0 bridgehead atoms. The summed E-state index contributed by atoms with van der Waals surface area (Å²) in [5.74, 6) is 7.12. The highest BCUT2D eigenvalue weighted by molar-refractivity contribution is 6.30. The third-order valence-corrected chi connectivity index (χ3v) is 4.24. The molecule has 0 aliphatic heterocycles. The average Bonchev–Trinajstić information content (AvgIpc) is 2.74. The summed E-state index contributed by atoms with van der Waals surface area (Å²) in [6.07, 6.45) is 1.93. The van der Waals surface area contributed by atoms with Crippen molar-refractivity contribution in [2.45, 2.75) is 12.5 Å². The van der Waals surface area contributed by atoms with Crippen LogP contribution in [0.5, 0.6) is 5.75 Å². The minimum atomic E-state index is -0.368. The number of nitrogens with zero attached hydrogens (tertiary/aromatic N) is 1. The van der Waals surface area contributed by atoms with Gasteiger partial charge < -0.3 is 9.57 Å². The molecule has 0 aromatic heterocycles. The predicted octanol–water partition coefficient (Wildman–Crippen LogP) is 5.36. The van der Waals surface area contributed by atoms with E-state index in [2.05, 4.69) is 17.0 Å². The second kappa shape index (κ2) is 10.2. The molecule has 3 rings (SSSR count). The minimum Gasteiger partial charge on any atom is -0.497 e. The summed E-state index contributed by atoms with van der Waals surface area (Å²) in [5, 5.41) is 4.80. The topological polar surface area (TPSA) is 30.8 Å². The number of methoxy groups -OCH3 is 1. The molecular formula is C24H20ClNO2. The fourth-order valence-corrected chi connectivity index (χ4v) is 2.62. The summed E-state index contributed by atoms with van der Waals surface area (Å²) in [6.45, 7) is 0. The first kappa shape index (κ1) is 19.5. The Morgan fingerprint density at radius 3 is 2.36 bits per heavy atom. The molecule has 0 aliphatic carbocycles. The van der Waals surface area contributed by atoms with E-state index < -0.39 is 0 Å². The Balaban J connectivity index is 1.72. The summed E-state index contributed by atoms with van der Waals surface area (Å²) in [7, 11) is 1.64. The van der Waals surface area contributed by atoms with Gasteiger partial charge in [-0.05, 0) is 47.5 Å². The fraction of sp³-hybridized carbons (Fsp3) is 0.125. The van der Waals surface area contributed by atoms with Gasteiger partial charge in [0.25, 0.3) is 0 Å². The van der Waals surface area contributed by atoms with Crippen LogP contribution in [0.2, 0.25) is 5.02 Å². The zero-order valence-corrected chi connectivity index (χ0v) is 16.3. The molecule has 140 valence electrons. The van der Waals surface area contributed by atoms with Crippen LogP contribution in [-0.2, 0) is 11.3 Å². The maximum atomic E-state index is 5.90. The first-order valence-electron chi connectivity index (χ1n) is 8.87. The van der Waals surface area contributed by atoms with Gasteiger partial charge in [0.15, 0.2) is 6.10 Å². The Morgan fingerprint density at radius 2 is 1.68 bits per heavy atom. The second-order valence-corrected chi connectivity index (χ2v) is 6.50. The standard InChI is InChI=1S/C24H20ClNO2/c1-27-23-14-9-19(10-15-23)11-16-24(17-20-5-3-2-4-6-20)28-26-18-21-7-12-22(25)13-8-21/h2-10,12-15,18,24H,17H2,1H3/b26-18+. The number of hydrogen-bond donors (Lipinski definition) is 0. The second-order valence-electron chi connectivity index (χ2n) is 6.07. The van der Waals surface area contributed by atoms with Crippen molar-refractivity contribution in [3.63, 3.8) is 0 Å². The molecule has 3 aromatic carbocycles. The van der Waals surface area contributed by atoms with Crippen LogP contribution < -0.4 is 4.74 Å². The molecule has 1 unspecified atom stereocenters. The molecule has 28 heavy (non-hydrogen) atoms. The molecule has 0 N–H and O–H groups in total. The van der Waals surface area contributed by atoms with Crippen molar-refractivity contribution in [1.82, 2.24) is 0 Å². The summed E-state index contributed by atoms with van der Waals surface area (Å²) in [4.78, 5) is 5.69. The van der Waals surface area contributed by atoms with E-state index in [1.807, 2.05) is 78.9 Å². The molecule has 3 nitrogen and oxygen atoms in total. The first-order valence-corrected chi connectivity index (χ1v) is 9.25. The number of ether oxygens (including phenoxy) is 1. The molecule has 3 aromatic rings. The van der Waals surface area contributed by atoms with Gasteiger partial charge in [-0.25, -0.2) is 0 Å². The number of benzene rings is 3. The summed E-state index contributed by atoms with van der Waals surface area (Å²) < 4.78 is 5.18.